The van der Waals surface area contributed by atoms with Crippen LogP contribution in [-0.4, -0.2) is 25.0 Å². The van der Waals surface area contributed by atoms with Gasteiger partial charge in [-0.1, -0.05) is 25.0 Å². The summed E-state index contributed by atoms with van der Waals surface area (Å²) < 4.78 is 39.1. The van der Waals surface area contributed by atoms with Crippen LogP contribution in [0.4, 0.5) is 23.7 Å². The fourth-order valence-corrected chi connectivity index (χ4v) is 2.80. The highest BCUT2D eigenvalue weighted by molar-refractivity contribution is 5.95. The number of benzene rings is 1. The van der Waals surface area contributed by atoms with E-state index in [2.05, 4.69) is 0 Å². The molecule has 0 aliphatic heterocycles. The lowest BCUT2D eigenvalue weighted by molar-refractivity contribution is -0.137. The normalized spacial score (nSPS) is 16.0. The smallest absolute Gasteiger partial charge is 0.330 e. The van der Waals surface area contributed by atoms with Gasteiger partial charge >= 0.3 is 12.2 Å². The third-order valence-electron chi connectivity index (χ3n) is 4.06. The predicted molar refractivity (Wildman–Crippen MR) is 88.8 cm³/mol. The Morgan fingerprint density at radius 1 is 1.08 bits per heavy atom. The molecule has 0 spiro atoms. The maximum Gasteiger partial charge on any atom is 0.416 e. The zero-order chi connectivity index (χ0) is 17.7. The average Bonchev–Trinajstić information content (AvgIpc) is 2.48. The molecule has 3 nitrogen and oxygen atoms in total. The molecule has 0 unspecified atom stereocenters. The maximum absolute atomic E-state index is 13.0. The van der Waals surface area contributed by atoms with Crippen molar-refractivity contribution in [3.63, 3.8) is 0 Å². The Balaban J connectivity index is 2.45. The Hall–Kier alpha value is -1.98. The van der Waals surface area contributed by atoms with Gasteiger partial charge in [-0.25, -0.2) is 4.79 Å². The Bertz CT molecular complexity index is 609. The average molecular weight is 340 g/mol. The molecule has 132 valence electrons. The standard InChI is InChI=1S/C18H23F3N2O/c1-22(2)17(24)23(15-10-6-4-3-5-7-11-15)16-12-8-9-14(13-16)18(19,20)21/h8-10,12-13H,3-7,11H2,1-2H3. The summed E-state index contributed by atoms with van der Waals surface area (Å²) in [6.45, 7) is 0. The lowest BCUT2D eigenvalue weighted by Gasteiger charge is -2.30. The lowest BCUT2D eigenvalue weighted by atomic mass is 10.0. The monoisotopic (exact) mass is 340 g/mol. The van der Waals surface area contributed by atoms with Crippen LogP contribution in [0.15, 0.2) is 36.0 Å². The van der Waals surface area contributed by atoms with Gasteiger partial charge in [0.25, 0.3) is 0 Å². The number of rotatable bonds is 2. The number of carbonyl (C=O) groups is 1. The highest BCUT2D eigenvalue weighted by atomic mass is 19.4. The number of halogens is 3. The van der Waals surface area contributed by atoms with Gasteiger partial charge in [0.1, 0.15) is 0 Å². The van der Waals surface area contributed by atoms with E-state index < -0.39 is 11.7 Å². The van der Waals surface area contributed by atoms with Crippen LogP contribution in [0.25, 0.3) is 0 Å². The molecule has 0 heterocycles. The molecule has 0 radical (unpaired) electrons. The molecule has 1 aromatic carbocycles. The second kappa shape index (κ2) is 7.73. The number of anilines is 1. The van der Waals surface area contributed by atoms with Crippen molar-refractivity contribution in [3.8, 4) is 0 Å². The molecule has 0 N–H and O–H groups in total. The van der Waals surface area contributed by atoms with Crippen LogP contribution in [-0.2, 0) is 6.18 Å². The molecule has 24 heavy (non-hydrogen) atoms. The number of nitrogens with zero attached hydrogens (tertiary/aromatic N) is 2. The quantitative estimate of drug-likeness (QED) is 0.704. The van der Waals surface area contributed by atoms with Gasteiger partial charge in [-0.15, -0.1) is 0 Å². The molecule has 0 saturated carbocycles. The molecule has 0 aromatic heterocycles. The zero-order valence-electron chi connectivity index (χ0n) is 14.1. The van der Waals surface area contributed by atoms with Gasteiger partial charge < -0.3 is 4.90 Å². The summed E-state index contributed by atoms with van der Waals surface area (Å²) in [6.07, 6.45) is 3.28. The molecule has 2 amide bonds. The summed E-state index contributed by atoms with van der Waals surface area (Å²) in [5, 5.41) is 0. The molecular formula is C18H23F3N2O. The van der Waals surface area contributed by atoms with Crippen molar-refractivity contribution < 1.29 is 18.0 Å². The first-order valence-corrected chi connectivity index (χ1v) is 8.18. The first-order valence-electron chi connectivity index (χ1n) is 8.18. The molecule has 6 heteroatoms. The van der Waals surface area contributed by atoms with E-state index in [1.54, 1.807) is 20.2 Å². The van der Waals surface area contributed by atoms with Crippen molar-refractivity contribution in [1.29, 1.82) is 0 Å². The van der Waals surface area contributed by atoms with Gasteiger partial charge in [0, 0.05) is 19.8 Å². The molecule has 1 aliphatic rings. The van der Waals surface area contributed by atoms with Crippen LogP contribution in [0.2, 0.25) is 0 Å². The molecule has 0 saturated heterocycles. The second-order valence-corrected chi connectivity index (χ2v) is 6.21. The lowest BCUT2D eigenvalue weighted by Crippen LogP contribution is -2.39. The summed E-state index contributed by atoms with van der Waals surface area (Å²) in [6, 6.07) is 4.63. The Labute approximate surface area is 140 Å². The summed E-state index contributed by atoms with van der Waals surface area (Å²) in [5.41, 5.74) is 0.297. The molecule has 2 rings (SSSR count). The number of hydrogen-bond acceptors (Lipinski definition) is 1. The first kappa shape index (κ1) is 18.4. The van der Waals surface area contributed by atoms with Crippen molar-refractivity contribution in [1.82, 2.24) is 4.90 Å². The Morgan fingerprint density at radius 2 is 1.79 bits per heavy atom. The summed E-state index contributed by atoms with van der Waals surface area (Å²) in [5.74, 6) is 0. The van der Waals surface area contributed by atoms with Crippen molar-refractivity contribution in [2.75, 3.05) is 19.0 Å². The van der Waals surface area contributed by atoms with E-state index in [1.807, 2.05) is 6.08 Å². The van der Waals surface area contributed by atoms with Crippen molar-refractivity contribution in [2.24, 2.45) is 0 Å². The van der Waals surface area contributed by atoms with E-state index in [0.717, 1.165) is 49.9 Å². The third-order valence-corrected chi connectivity index (χ3v) is 4.06. The van der Waals surface area contributed by atoms with Crippen molar-refractivity contribution >= 4 is 11.7 Å². The van der Waals surface area contributed by atoms with Gasteiger partial charge in [0.2, 0.25) is 0 Å². The summed E-state index contributed by atoms with van der Waals surface area (Å²) in [4.78, 5) is 15.4. The van der Waals surface area contributed by atoms with Gasteiger partial charge in [-0.3, -0.25) is 4.90 Å². The van der Waals surface area contributed by atoms with E-state index >= 15 is 0 Å². The minimum absolute atomic E-state index is 0.260. The zero-order valence-corrected chi connectivity index (χ0v) is 14.1. The molecule has 0 bridgehead atoms. The largest absolute Gasteiger partial charge is 0.416 e. The highest BCUT2D eigenvalue weighted by Crippen LogP contribution is 2.34. The van der Waals surface area contributed by atoms with Crippen LogP contribution >= 0.6 is 0 Å². The number of hydrogen-bond donors (Lipinski definition) is 0. The number of carbonyl (C=O) groups excluding carboxylic acids is 1. The van der Waals surface area contributed by atoms with Crippen molar-refractivity contribution in [3.05, 3.63) is 41.6 Å². The van der Waals surface area contributed by atoms with Crippen LogP contribution in [0.1, 0.15) is 44.1 Å². The molecule has 0 fully saturated rings. The molecule has 1 aliphatic carbocycles. The van der Waals surface area contributed by atoms with Crippen LogP contribution < -0.4 is 4.90 Å². The number of amides is 2. The summed E-state index contributed by atoms with van der Waals surface area (Å²) >= 11 is 0. The van der Waals surface area contributed by atoms with Crippen LogP contribution in [0, 0.1) is 0 Å². The number of allylic oxidation sites excluding steroid dienone is 2. The highest BCUT2D eigenvalue weighted by Gasteiger charge is 2.32. The maximum atomic E-state index is 13.0. The van der Waals surface area contributed by atoms with Crippen LogP contribution in [0.5, 0.6) is 0 Å². The predicted octanol–water partition coefficient (Wildman–Crippen LogP) is 5.43. The minimum atomic E-state index is -4.43. The van der Waals surface area contributed by atoms with E-state index in [1.165, 1.54) is 15.9 Å². The van der Waals surface area contributed by atoms with Gasteiger partial charge in [0.15, 0.2) is 0 Å². The molecule has 1 aromatic rings. The SMILES string of the molecule is CN(C)C(=O)N(C1=CCCCCCC1)c1cccc(C(F)(F)F)c1. The van der Waals surface area contributed by atoms with Gasteiger partial charge in [0.05, 0.1) is 11.3 Å². The van der Waals surface area contributed by atoms with Crippen LogP contribution in [0.3, 0.4) is 0 Å². The molecule has 0 atom stereocenters. The van der Waals surface area contributed by atoms with Gasteiger partial charge in [-0.2, -0.15) is 13.2 Å². The fourth-order valence-electron chi connectivity index (χ4n) is 2.80. The van der Waals surface area contributed by atoms with Crippen molar-refractivity contribution in [2.45, 2.75) is 44.7 Å². The minimum Gasteiger partial charge on any atom is -0.330 e. The van der Waals surface area contributed by atoms with E-state index in [-0.39, 0.29) is 11.7 Å². The number of alkyl halides is 3. The van der Waals surface area contributed by atoms with E-state index in [4.69, 9.17) is 0 Å². The first-order chi connectivity index (χ1) is 11.3. The Morgan fingerprint density at radius 3 is 2.46 bits per heavy atom. The third kappa shape index (κ3) is 4.52. The van der Waals surface area contributed by atoms with Gasteiger partial charge in [-0.05, 0) is 43.9 Å². The second-order valence-electron chi connectivity index (χ2n) is 6.21. The Kier molecular flexibility index (Phi) is 5.91. The molecular weight excluding hydrogens is 317 g/mol. The van der Waals surface area contributed by atoms with E-state index in [9.17, 15) is 18.0 Å². The van der Waals surface area contributed by atoms with E-state index in [0.29, 0.717) is 6.42 Å². The number of urea groups is 1. The fraction of sp³-hybridized carbons (Fsp3) is 0.500. The topological polar surface area (TPSA) is 23.6 Å². The summed E-state index contributed by atoms with van der Waals surface area (Å²) in [7, 11) is 3.21.